The van der Waals surface area contributed by atoms with Crippen molar-refractivity contribution < 1.29 is 42.1 Å². The van der Waals surface area contributed by atoms with Gasteiger partial charge in [-0.05, 0) is 30.7 Å². The maximum Gasteiger partial charge on any atom is 0.509 e. The van der Waals surface area contributed by atoms with Gasteiger partial charge < -0.3 is 29.2 Å². The summed E-state index contributed by atoms with van der Waals surface area (Å²) in [6.45, 7) is 9.01. The van der Waals surface area contributed by atoms with E-state index in [2.05, 4.69) is 20.0 Å². The molecule has 0 amide bonds. The zero-order valence-electron chi connectivity index (χ0n) is 25.9. The second-order valence-electron chi connectivity index (χ2n) is 12.4. The highest BCUT2D eigenvalue weighted by atomic mass is 31.2. The molecule has 2 aromatic carbocycles. The van der Waals surface area contributed by atoms with Crippen LogP contribution in [0.5, 0.6) is 5.75 Å². The molecule has 4 heterocycles. The number of esters is 1. The Hall–Kier alpha value is -4.30. The summed E-state index contributed by atoms with van der Waals surface area (Å²) in [7, 11) is -4.37. The molecule has 2 aliphatic rings. The minimum absolute atomic E-state index is 0.148. The summed E-state index contributed by atoms with van der Waals surface area (Å²) in [5, 5.41) is 4.25. The van der Waals surface area contributed by atoms with Crippen LogP contribution < -0.4 is 15.3 Å². The number of fused-ring (bicyclic) bond motifs is 3. The van der Waals surface area contributed by atoms with Crippen molar-refractivity contribution in [2.45, 2.75) is 71.3 Å². The molecule has 16 heteroatoms. The van der Waals surface area contributed by atoms with Gasteiger partial charge in [0.25, 0.3) is 0 Å². The lowest BCUT2D eigenvalue weighted by Crippen LogP contribution is -2.41. The zero-order valence-corrected chi connectivity index (χ0v) is 26.7. The lowest BCUT2D eigenvalue weighted by Gasteiger charge is -2.29. The predicted molar refractivity (Wildman–Crippen MR) is 165 cm³/mol. The van der Waals surface area contributed by atoms with E-state index in [1.54, 1.807) is 23.6 Å². The van der Waals surface area contributed by atoms with Crippen LogP contribution in [0, 0.1) is 5.41 Å². The Morgan fingerprint density at radius 2 is 1.83 bits per heavy atom. The van der Waals surface area contributed by atoms with E-state index in [9.17, 15) is 14.2 Å². The third-order valence-corrected chi connectivity index (χ3v) is 9.19. The van der Waals surface area contributed by atoms with Gasteiger partial charge in [-0.3, -0.25) is 13.9 Å². The number of rotatable bonds is 10. The number of nitrogens with one attached hydrogen (secondary N) is 1. The Morgan fingerprint density at radius 3 is 2.61 bits per heavy atom. The van der Waals surface area contributed by atoms with Crippen molar-refractivity contribution in [3.05, 3.63) is 55.1 Å². The van der Waals surface area contributed by atoms with Crippen LogP contribution in [0.4, 0.5) is 10.6 Å². The first-order chi connectivity index (χ1) is 21.8. The first-order valence-electron chi connectivity index (χ1n) is 14.7. The van der Waals surface area contributed by atoms with E-state index >= 15 is 0 Å². The van der Waals surface area contributed by atoms with Crippen molar-refractivity contribution in [2.75, 3.05) is 12.3 Å². The second-order valence-corrected chi connectivity index (χ2v) is 14.0. The van der Waals surface area contributed by atoms with Gasteiger partial charge in [0.15, 0.2) is 29.9 Å². The van der Waals surface area contributed by atoms with Gasteiger partial charge >= 0.3 is 19.9 Å². The molecule has 3 N–H and O–H groups in total. The van der Waals surface area contributed by atoms with Crippen LogP contribution in [-0.2, 0) is 32.8 Å². The van der Waals surface area contributed by atoms with Gasteiger partial charge in [-0.15, -0.1) is 0 Å². The maximum atomic E-state index is 14.6. The fraction of sp³-hybridized carbons (Fsp3) is 0.433. The summed E-state index contributed by atoms with van der Waals surface area (Å²) >= 11 is 0. The summed E-state index contributed by atoms with van der Waals surface area (Å²) in [6.07, 6.45) is -3.02. The molecule has 0 bridgehead atoms. The zero-order chi connectivity index (χ0) is 32.8. The fourth-order valence-electron chi connectivity index (χ4n) is 5.30. The van der Waals surface area contributed by atoms with E-state index in [4.69, 9.17) is 33.7 Å². The van der Waals surface area contributed by atoms with Crippen LogP contribution in [0.25, 0.3) is 21.9 Å². The first-order valence-corrected chi connectivity index (χ1v) is 16.2. The molecule has 2 saturated heterocycles. The van der Waals surface area contributed by atoms with E-state index in [-0.39, 0.29) is 23.6 Å². The molecule has 15 nitrogen and oxygen atoms in total. The molecule has 0 saturated carbocycles. The van der Waals surface area contributed by atoms with Crippen molar-refractivity contribution >= 4 is 47.6 Å². The number of anilines is 1. The van der Waals surface area contributed by atoms with Crippen LogP contribution in [0.15, 0.2) is 55.1 Å². The summed E-state index contributed by atoms with van der Waals surface area (Å²) in [5.41, 5.74) is 6.36. The number of nitrogens with two attached hydrogens (primary N) is 1. The Morgan fingerprint density at radius 1 is 1.09 bits per heavy atom. The number of aromatic nitrogens is 4. The molecule has 6 rings (SSSR count). The molecule has 4 aromatic rings. The van der Waals surface area contributed by atoms with Gasteiger partial charge in [0.05, 0.1) is 19.0 Å². The number of benzene rings is 2. The van der Waals surface area contributed by atoms with Crippen LogP contribution in [0.2, 0.25) is 0 Å². The third-order valence-electron chi connectivity index (χ3n) is 7.44. The minimum atomic E-state index is -4.37. The summed E-state index contributed by atoms with van der Waals surface area (Å²) < 4.78 is 51.1. The predicted octanol–water partition coefficient (Wildman–Crippen LogP) is 4.52. The molecule has 0 spiro atoms. The number of nitrogens with zero attached hydrogens (tertiary/aromatic N) is 4. The molecule has 5 unspecified atom stereocenters. The van der Waals surface area contributed by atoms with E-state index in [1.165, 1.54) is 19.6 Å². The fourth-order valence-corrected chi connectivity index (χ4v) is 7.01. The molecule has 244 valence electrons. The Balaban J connectivity index is 1.29. The standard InChI is InChI=1S/C30H35N6O9P/c1-16(28(37)40-13-30(3,4)5)35-46(39,45-20-12-8-10-18-9-6-7-11-19(18)20)44-17(2)22-23-24(43-29(38)42-23)27(41-22)36-15-34-21-25(31)32-14-33-26(21)36/h6-12,14-17,22-24,27H,13H2,1-5H3,(H,35,39)(H2,31,32,33)/t16?,17?,22-,23?,24?,27-,46?/m1/s1. The Labute approximate surface area is 264 Å². The van der Waals surface area contributed by atoms with Crippen molar-refractivity contribution in [1.29, 1.82) is 0 Å². The van der Waals surface area contributed by atoms with E-state index < -0.39 is 56.6 Å². The monoisotopic (exact) mass is 654 g/mol. The number of hydrogen-bond donors (Lipinski definition) is 2. The van der Waals surface area contributed by atoms with Gasteiger partial charge in [-0.2, -0.15) is 5.09 Å². The van der Waals surface area contributed by atoms with Gasteiger partial charge in [0.2, 0.25) is 0 Å². The molecule has 7 atom stereocenters. The van der Waals surface area contributed by atoms with Gasteiger partial charge in [0.1, 0.15) is 29.7 Å². The van der Waals surface area contributed by atoms with Crippen molar-refractivity contribution in [2.24, 2.45) is 5.41 Å². The molecule has 2 aliphatic heterocycles. The minimum Gasteiger partial charge on any atom is -0.464 e. The SMILES string of the molecule is CC(NP(=O)(Oc1cccc2ccccc12)OC(C)[C@H]1O[C@@H](n2cnc3c(N)ncnc32)C2OC(=O)OC21)C(=O)OCC(C)(C)C. The number of carbonyl (C=O) groups is 2. The smallest absolute Gasteiger partial charge is 0.464 e. The van der Waals surface area contributed by atoms with Crippen molar-refractivity contribution in [3.63, 3.8) is 0 Å². The van der Waals surface area contributed by atoms with Gasteiger partial charge in [-0.25, -0.2) is 24.3 Å². The highest BCUT2D eigenvalue weighted by molar-refractivity contribution is 7.52. The lowest BCUT2D eigenvalue weighted by atomic mass is 9.99. The van der Waals surface area contributed by atoms with Gasteiger partial charge in [0, 0.05) is 5.39 Å². The number of imidazole rings is 1. The first kappa shape index (κ1) is 31.7. The quantitative estimate of drug-likeness (QED) is 0.179. The van der Waals surface area contributed by atoms with Crippen molar-refractivity contribution in [3.8, 4) is 5.75 Å². The van der Waals surface area contributed by atoms with E-state index in [0.29, 0.717) is 16.6 Å². The number of carbonyl (C=O) groups excluding carboxylic acids is 2. The topological polar surface area (TPSA) is 188 Å². The maximum absolute atomic E-state index is 14.6. The molecule has 2 fully saturated rings. The van der Waals surface area contributed by atoms with Crippen LogP contribution in [-0.4, -0.2) is 68.7 Å². The largest absolute Gasteiger partial charge is 0.509 e. The number of hydrogen-bond acceptors (Lipinski definition) is 13. The molecular weight excluding hydrogens is 619 g/mol. The summed E-state index contributed by atoms with van der Waals surface area (Å²) in [6, 6.07) is 11.6. The normalized spacial score (nSPS) is 23.7. The van der Waals surface area contributed by atoms with Crippen LogP contribution >= 0.6 is 7.75 Å². The molecule has 2 aromatic heterocycles. The third kappa shape index (κ3) is 6.36. The molecular formula is C30H35N6O9P. The number of nitrogen functional groups attached to an aromatic ring is 1. The highest BCUT2D eigenvalue weighted by Crippen LogP contribution is 2.50. The summed E-state index contributed by atoms with van der Waals surface area (Å²) in [4.78, 5) is 37.7. The average molecular weight is 655 g/mol. The molecule has 0 radical (unpaired) electrons. The van der Waals surface area contributed by atoms with E-state index in [1.807, 2.05) is 51.1 Å². The lowest BCUT2D eigenvalue weighted by molar-refractivity contribution is -0.148. The average Bonchev–Trinajstić information content (AvgIpc) is 3.69. The highest BCUT2D eigenvalue weighted by Gasteiger charge is 2.58. The van der Waals surface area contributed by atoms with Gasteiger partial charge in [-0.1, -0.05) is 57.2 Å². The van der Waals surface area contributed by atoms with Crippen LogP contribution in [0.1, 0.15) is 40.8 Å². The van der Waals surface area contributed by atoms with E-state index in [0.717, 1.165) is 5.39 Å². The Kier molecular flexibility index (Phi) is 8.36. The summed E-state index contributed by atoms with van der Waals surface area (Å²) in [5.74, 6) is -0.215. The Bertz CT molecular complexity index is 1820. The number of ether oxygens (including phenoxy) is 4. The van der Waals surface area contributed by atoms with Crippen LogP contribution in [0.3, 0.4) is 0 Å². The second kappa shape index (κ2) is 12.1. The van der Waals surface area contributed by atoms with Crippen molar-refractivity contribution in [1.82, 2.24) is 24.6 Å². The molecule has 0 aliphatic carbocycles. The molecule has 46 heavy (non-hydrogen) atoms.